The van der Waals surface area contributed by atoms with Crippen LogP contribution in [0.1, 0.15) is 16.7 Å². The number of halogens is 1. The van der Waals surface area contributed by atoms with E-state index in [9.17, 15) is 0 Å². The zero-order valence-electron chi connectivity index (χ0n) is 9.18. The van der Waals surface area contributed by atoms with E-state index in [0.717, 1.165) is 13.1 Å². The van der Waals surface area contributed by atoms with Crippen molar-refractivity contribution < 1.29 is 0 Å². The van der Waals surface area contributed by atoms with Crippen molar-refractivity contribution in [1.29, 1.82) is 0 Å². The summed E-state index contributed by atoms with van der Waals surface area (Å²) in [5.74, 6) is 0.696. The first-order valence-corrected chi connectivity index (χ1v) is 5.47. The summed E-state index contributed by atoms with van der Waals surface area (Å²) in [4.78, 5) is 2.23. The maximum absolute atomic E-state index is 5.68. The fraction of sp³-hybridized carbons (Fsp3) is 0.500. The molecule has 1 rings (SSSR count). The molecule has 0 N–H and O–H groups in total. The van der Waals surface area contributed by atoms with Gasteiger partial charge in [0.2, 0.25) is 0 Å². The van der Waals surface area contributed by atoms with Crippen molar-refractivity contribution in [3.63, 3.8) is 0 Å². The summed E-state index contributed by atoms with van der Waals surface area (Å²) >= 11 is 5.68. The molecule has 0 bridgehead atoms. The van der Waals surface area contributed by atoms with Crippen LogP contribution in [0.15, 0.2) is 18.2 Å². The van der Waals surface area contributed by atoms with Gasteiger partial charge in [0.05, 0.1) is 0 Å². The van der Waals surface area contributed by atoms with Gasteiger partial charge in [0.15, 0.2) is 0 Å². The average Bonchev–Trinajstić information content (AvgIpc) is 2.12. The Bertz CT molecular complexity index is 296. The molecule has 0 saturated carbocycles. The summed E-state index contributed by atoms with van der Waals surface area (Å²) in [5.41, 5.74) is 4.08. The molecular weight excluding hydrogens is 194 g/mol. The van der Waals surface area contributed by atoms with E-state index in [1.54, 1.807) is 0 Å². The lowest BCUT2D eigenvalue weighted by Crippen LogP contribution is -2.20. The Balaban J connectivity index is 2.63. The van der Waals surface area contributed by atoms with Crippen LogP contribution < -0.4 is 0 Å². The third-order valence-corrected chi connectivity index (χ3v) is 2.66. The summed E-state index contributed by atoms with van der Waals surface area (Å²) < 4.78 is 0. The lowest BCUT2D eigenvalue weighted by atomic mass is 10.1. The third-order valence-electron chi connectivity index (χ3n) is 2.49. The molecule has 0 unspecified atom stereocenters. The largest absolute Gasteiger partial charge is 0.301 e. The molecule has 0 spiro atoms. The molecule has 78 valence electrons. The van der Waals surface area contributed by atoms with Crippen molar-refractivity contribution in [1.82, 2.24) is 4.90 Å². The summed E-state index contributed by atoms with van der Waals surface area (Å²) in [6.07, 6.45) is 0. The highest BCUT2D eigenvalue weighted by molar-refractivity contribution is 6.18. The van der Waals surface area contributed by atoms with E-state index >= 15 is 0 Å². The Hall–Kier alpha value is -0.530. The van der Waals surface area contributed by atoms with Gasteiger partial charge in [0.25, 0.3) is 0 Å². The lowest BCUT2D eigenvalue weighted by Gasteiger charge is -2.15. The maximum atomic E-state index is 5.68. The summed E-state index contributed by atoms with van der Waals surface area (Å²) in [7, 11) is 2.09. The van der Waals surface area contributed by atoms with Crippen LogP contribution in [0.5, 0.6) is 0 Å². The molecule has 1 aromatic carbocycles. The van der Waals surface area contributed by atoms with Crippen LogP contribution in [-0.4, -0.2) is 24.4 Å². The topological polar surface area (TPSA) is 3.24 Å². The monoisotopic (exact) mass is 211 g/mol. The Labute approximate surface area is 91.7 Å². The van der Waals surface area contributed by atoms with Crippen molar-refractivity contribution in [2.75, 3.05) is 19.5 Å². The number of hydrogen-bond acceptors (Lipinski definition) is 1. The molecular formula is C12H18ClN. The van der Waals surface area contributed by atoms with E-state index in [4.69, 9.17) is 11.6 Å². The molecule has 0 amide bonds. The molecule has 0 saturated heterocycles. The fourth-order valence-electron chi connectivity index (χ4n) is 1.44. The van der Waals surface area contributed by atoms with E-state index in [0.29, 0.717) is 5.88 Å². The van der Waals surface area contributed by atoms with Crippen molar-refractivity contribution in [3.05, 3.63) is 34.9 Å². The first kappa shape index (κ1) is 11.5. The van der Waals surface area contributed by atoms with Gasteiger partial charge in [-0.2, -0.15) is 0 Å². The van der Waals surface area contributed by atoms with Crippen LogP contribution in [0.2, 0.25) is 0 Å². The van der Waals surface area contributed by atoms with Gasteiger partial charge in [0, 0.05) is 19.0 Å². The highest BCUT2D eigenvalue weighted by Gasteiger charge is 2.00. The number of hydrogen-bond donors (Lipinski definition) is 0. The predicted molar refractivity (Wildman–Crippen MR) is 63.0 cm³/mol. The van der Waals surface area contributed by atoms with E-state index < -0.39 is 0 Å². The van der Waals surface area contributed by atoms with Gasteiger partial charge < -0.3 is 4.90 Å². The Morgan fingerprint density at radius 1 is 1.21 bits per heavy atom. The standard InChI is InChI=1S/C12H18ClN/c1-10-4-5-12(8-11(10)2)9-14(3)7-6-13/h4-5,8H,6-7,9H2,1-3H3. The third kappa shape index (κ3) is 3.32. The zero-order chi connectivity index (χ0) is 10.6. The molecule has 1 nitrogen and oxygen atoms in total. The van der Waals surface area contributed by atoms with Gasteiger partial charge in [-0.3, -0.25) is 0 Å². The van der Waals surface area contributed by atoms with Gasteiger partial charge >= 0.3 is 0 Å². The second-order valence-electron chi connectivity index (χ2n) is 3.85. The lowest BCUT2D eigenvalue weighted by molar-refractivity contribution is 0.347. The molecule has 0 radical (unpaired) electrons. The molecule has 0 fully saturated rings. The predicted octanol–water partition coefficient (Wildman–Crippen LogP) is 2.97. The van der Waals surface area contributed by atoms with Gasteiger partial charge in [-0.25, -0.2) is 0 Å². The van der Waals surface area contributed by atoms with Crippen LogP contribution in [0, 0.1) is 13.8 Å². The molecule has 0 heterocycles. The van der Waals surface area contributed by atoms with Crippen LogP contribution in [0.25, 0.3) is 0 Å². The molecule has 0 aliphatic heterocycles. The van der Waals surface area contributed by atoms with Crippen molar-refractivity contribution in [2.24, 2.45) is 0 Å². The number of rotatable bonds is 4. The van der Waals surface area contributed by atoms with E-state index in [2.05, 4.69) is 44.0 Å². The average molecular weight is 212 g/mol. The zero-order valence-corrected chi connectivity index (χ0v) is 9.93. The molecule has 0 aromatic heterocycles. The molecule has 0 aliphatic carbocycles. The Kier molecular flexibility index (Phi) is 4.43. The van der Waals surface area contributed by atoms with Crippen molar-refractivity contribution >= 4 is 11.6 Å². The summed E-state index contributed by atoms with van der Waals surface area (Å²) in [6.45, 7) is 6.21. The van der Waals surface area contributed by atoms with E-state index in [1.807, 2.05) is 0 Å². The van der Waals surface area contributed by atoms with Crippen LogP contribution in [-0.2, 0) is 6.54 Å². The van der Waals surface area contributed by atoms with Crippen LogP contribution in [0.4, 0.5) is 0 Å². The smallest absolute Gasteiger partial charge is 0.0351 e. The minimum atomic E-state index is 0.696. The first-order chi connectivity index (χ1) is 6.63. The first-order valence-electron chi connectivity index (χ1n) is 4.94. The van der Waals surface area contributed by atoms with Gasteiger partial charge in [0.1, 0.15) is 0 Å². The molecule has 2 heteroatoms. The van der Waals surface area contributed by atoms with Gasteiger partial charge in [-0.1, -0.05) is 18.2 Å². The number of nitrogens with zero attached hydrogens (tertiary/aromatic N) is 1. The normalized spacial score (nSPS) is 10.9. The Morgan fingerprint density at radius 3 is 2.50 bits per heavy atom. The maximum Gasteiger partial charge on any atom is 0.0351 e. The quantitative estimate of drug-likeness (QED) is 0.693. The Morgan fingerprint density at radius 2 is 1.93 bits per heavy atom. The molecule has 14 heavy (non-hydrogen) atoms. The van der Waals surface area contributed by atoms with Crippen molar-refractivity contribution in [3.8, 4) is 0 Å². The number of benzene rings is 1. The molecule has 0 atom stereocenters. The van der Waals surface area contributed by atoms with Gasteiger partial charge in [-0.15, -0.1) is 11.6 Å². The SMILES string of the molecule is Cc1ccc(CN(C)CCCl)cc1C. The number of alkyl halides is 1. The van der Waals surface area contributed by atoms with Crippen LogP contribution >= 0.6 is 11.6 Å². The second kappa shape index (κ2) is 5.38. The highest BCUT2D eigenvalue weighted by atomic mass is 35.5. The molecule has 1 aromatic rings. The minimum Gasteiger partial charge on any atom is -0.301 e. The fourth-order valence-corrected chi connectivity index (χ4v) is 1.73. The molecule has 0 aliphatic rings. The summed E-state index contributed by atoms with van der Waals surface area (Å²) in [5, 5.41) is 0. The van der Waals surface area contributed by atoms with E-state index in [1.165, 1.54) is 16.7 Å². The number of aryl methyl sites for hydroxylation is 2. The van der Waals surface area contributed by atoms with Crippen LogP contribution in [0.3, 0.4) is 0 Å². The highest BCUT2D eigenvalue weighted by Crippen LogP contribution is 2.11. The van der Waals surface area contributed by atoms with Crippen molar-refractivity contribution in [2.45, 2.75) is 20.4 Å². The summed E-state index contributed by atoms with van der Waals surface area (Å²) in [6, 6.07) is 6.62. The minimum absolute atomic E-state index is 0.696. The second-order valence-corrected chi connectivity index (χ2v) is 4.22. The van der Waals surface area contributed by atoms with E-state index in [-0.39, 0.29) is 0 Å². The van der Waals surface area contributed by atoms with Gasteiger partial charge in [-0.05, 0) is 37.6 Å².